The molecule has 1 saturated carbocycles. The summed E-state index contributed by atoms with van der Waals surface area (Å²) < 4.78 is 0. The average molecular weight is 287 g/mol. The van der Waals surface area contributed by atoms with Gasteiger partial charge in [0.1, 0.15) is 6.04 Å². The molecule has 2 unspecified atom stereocenters. The maximum atomic E-state index is 11.6. The SMILES string of the molecule is O=C(O)C(NC(c1cccs1)C1CC1)c1ccccc1. The number of carbonyl (C=O) groups is 1. The Morgan fingerprint density at radius 3 is 2.50 bits per heavy atom. The monoisotopic (exact) mass is 287 g/mol. The first-order valence-corrected chi connectivity index (χ1v) is 7.71. The summed E-state index contributed by atoms with van der Waals surface area (Å²) in [5.41, 5.74) is 0.808. The highest BCUT2D eigenvalue weighted by atomic mass is 32.1. The minimum Gasteiger partial charge on any atom is -0.480 e. The van der Waals surface area contributed by atoms with Crippen LogP contribution in [-0.2, 0) is 4.79 Å². The van der Waals surface area contributed by atoms with E-state index >= 15 is 0 Å². The van der Waals surface area contributed by atoms with Crippen LogP contribution < -0.4 is 5.32 Å². The Kier molecular flexibility index (Phi) is 3.85. The first kappa shape index (κ1) is 13.3. The van der Waals surface area contributed by atoms with Crippen LogP contribution in [0.15, 0.2) is 47.8 Å². The second-order valence-electron chi connectivity index (χ2n) is 5.18. The second-order valence-corrected chi connectivity index (χ2v) is 6.16. The Labute approximate surface area is 122 Å². The molecule has 2 N–H and O–H groups in total. The van der Waals surface area contributed by atoms with E-state index in [9.17, 15) is 9.90 Å². The van der Waals surface area contributed by atoms with Crippen LogP contribution in [0.4, 0.5) is 0 Å². The fourth-order valence-electron chi connectivity index (χ4n) is 2.48. The minimum absolute atomic E-state index is 0.149. The van der Waals surface area contributed by atoms with E-state index in [0.717, 1.165) is 5.56 Å². The zero-order valence-corrected chi connectivity index (χ0v) is 11.8. The van der Waals surface area contributed by atoms with Gasteiger partial charge in [0.15, 0.2) is 0 Å². The molecule has 1 aromatic heterocycles. The number of thiophene rings is 1. The Balaban J connectivity index is 1.83. The molecule has 0 radical (unpaired) electrons. The first-order valence-electron chi connectivity index (χ1n) is 6.83. The van der Waals surface area contributed by atoms with Crippen LogP contribution in [0, 0.1) is 5.92 Å². The van der Waals surface area contributed by atoms with E-state index in [0.29, 0.717) is 5.92 Å². The van der Waals surface area contributed by atoms with Gasteiger partial charge in [-0.15, -0.1) is 11.3 Å². The van der Waals surface area contributed by atoms with Crippen LogP contribution in [0.3, 0.4) is 0 Å². The van der Waals surface area contributed by atoms with Gasteiger partial charge in [-0.25, -0.2) is 0 Å². The first-order chi connectivity index (χ1) is 9.75. The third kappa shape index (κ3) is 2.92. The van der Waals surface area contributed by atoms with E-state index in [2.05, 4.69) is 11.4 Å². The normalized spacial score (nSPS) is 17.6. The van der Waals surface area contributed by atoms with Crippen molar-refractivity contribution in [2.24, 2.45) is 5.92 Å². The lowest BCUT2D eigenvalue weighted by molar-refractivity contribution is -0.140. The third-order valence-electron chi connectivity index (χ3n) is 3.67. The van der Waals surface area contributed by atoms with E-state index < -0.39 is 12.0 Å². The fraction of sp³-hybridized carbons (Fsp3) is 0.312. The lowest BCUT2D eigenvalue weighted by Gasteiger charge is -2.22. The molecular formula is C16H17NO2S. The van der Waals surface area contributed by atoms with Crippen molar-refractivity contribution in [3.8, 4) is 0 Å². The van der Waals surface area contributed by atoms with E-state index in [1.54, 1.807) is 11.3 Å². The predicted molar refractivity (Wildman–Crippen MR) is 79.7 cm³/mol. The van der Waals surface area contributed by atoms with Crippen molar-refractivity contribution in [2.45, 2.75) is 24.9 Å². The van der Waals surface area contributed by atoms with Gasteiger partial charge in [-0.2, -0.15) is 0 Å². The van der Waals surface area contributed by atoms with Crippen molar-refractivity contribution < 1.29 is 9.90 Å². The zero-order valence-electron chi connectivity index (χ0n) is 11.0. The Hall–Kier alpha value is -1.65. The molecule has 2 atom stereocenters. The molecule has 2 aromatic rings. The van der Waals surface area contributed by atoms with Crippen LogP contribution in [-0.4, -0.2) is 11.1 Å². The molecule has 1 aromatic carbocycles. The summed E-state index contributed by atoms with van der Waals surface area (Å²) in [5, 5.41) is 14.9. The Bertz CT molecular complexity index is 563. The molecule has 4 heteroatoms. The summed E-state index contributed by atoms with van der Waals surface area (Å²) in [6.45, 7) is 0. The molecule has 1 heterocycles. The number of carboxylic acids is 1. The van der Waals surface area contributed by atoms with Crippen molar-refractivity contribution in [1.82, 2.24) is 5.32 Å². The highest BCUT2D eigenvalue weighted by Gasteiger charge is 2.36. The summed E-state index contributed by atoms with van der Waals surface area (Å²) in [6, 6.07) is 13.0. The quantitative estimate of drug-likeness (QED) is 0.853. The summed E-state index contributed by atoms with van der Waals surface area (Å²) in [4.78, 5) is 12.8. The summed E-state index contributed by atoms with van der Waals surface area (Å²) >= 11 is 1.69. The van der Waals surface area contributed by atoms with Crippen LogP contribution in [0.1, 0.15) is 35.4 Å². The summed E-state index contributed by atoms with van der Waals surface area (Å²) in [5.74, 6) is -0.252. The molecule has 20 heavy (non-hydrogen) atoms. The lowest BCUT2D eigenvalue weighted by atomic mass is 10.0. The molecule has 1 fully saturated rings. The molecule has 3 rings (SSSR count). The van der Waals surface area contributed by atoms with Crippen molar-refractivity contribution in [3.05, 3.63) is 58.3 Å². The fourth-order valence-corrected chi connectivity index (χ4v) is 3.36. The van der Waals surface area contributed by atoms with E-state index in [1.165, 1.54) is 17.7 Å². The van der Waals surface area contributed by atoms with Gasteiger partial charge in [0.05, 0.1) is 0 Å². The van der Waals surface area contributed by atoms with Gasteiger partial charge < -0.3 is 5.11 Å². The van der Waals surface area contributed by atoms with Gasteiger partial charge >= 0.3 is 5.97 Å². The van der Waals surface area contributed by atoms with Crippen LogP contribution in [0.2, 0.25) is 0 Å². The topological polar surface area (TPSA) is 49.3 Å². The highest BCUT2D eigenvalue weighted by Crippen LogP contribution is 2.43. The van der Waals surface area contributed by atoms with Crippen molar-refractivity contribution in [1.29, 1.82) is 0 Å². The van der Waals surface area contributed by atoms with Crippen molar-refractivity contribution >= 4 is 17.3 Å². The standard InChI is InChI=1S/C16H17NO2S/c18-16(19)15(11-5-2-1-3-6-11)17-14(12-8-9-12)13-7-4-10-20-13/h1-7,10,12,14-15,17H,8-9H2,(H,18,19). The number of rotatable bonds is 6. The average Bonchev–Trinajstić information content (AvgIpc) is 3.15. The van der Waals surface area contributed by atoms with E-state index in [4.69, 9.17) is 0 Å². The molecule has 1 aliphatic rings. The van der Waals surface area contributed by atoms with Gasteiger partial charge in [0, 0.05) is 10.9 Å². The molecule has 3 nitrogen and oxygen atoms in total. The van der Waals surface area contributed by atoms with Crippen LogP contribution in [0.5, 0.6) is 0 Å². The largest absolute Gasteiger partial charge is 0.480 e. The molecule has 0 amide bonds. The minimum atomic E-state index is -0.821. The lowest BCUT2D eigenvalue weighted by Crippen LogP contribution is -2.32. The van der Waals surface area contributed by atoms with Gasteiger partial charge in [-0.05, 0) is 35.8 Å². The molecule has 0 aliphatic heterocycles. The summed E-state index contributed by atoms with van der Waals surface area (Å²) in [6.07, 6.45) is 2.35. The van der Waals surface area contributed by atoms with Crippen molar-refractivity contribution in [2.75, 3.05) is 0 Å². The molecular weight excluding hydrogens is 270 g/mol. The highest BCUT2D eigenvalue weighted by molar-refractivity contribution is 7.10. The molecule has 0 spiro atoms. The van der Waals surface area contributed by atoms with Crippen molar-refractivity contribution in [3.63, 3.8) is 0 Å². The van der Waals surface area contributed by atoms with Gasteiger partial charge in [-0.1, -0.05) is 36.4 Å². The Morgan fingerprint density at radius 1 is 1.20 bits per heavy atom. The predicted octanol–water partition coefficient (Wildman–Crippen LogP) is 3.61. The third-order valence-corrected chi connectivity index (χ3v) is 4.62. The molecule has 104 valence electrons. The van der Waals surface area contributed by atoms with Gasteiger partial charge in [0.2, 0.25) is 0 Å². The number of hydrogen-bond donors (Lipinski definition) is 2. The maximum absolute atomic E-state index is 11.6. The van der Waals surface area contributed by atoms with E-state index in [1.807, 2.05) is 41.8 Å². The molecule has 1 aliphatic carbocycles. The zero-order chi connectivity index (χ0) is 13.9. The molecule has 0 bridgehead atoms. The van der Waals surface area contributed by atoms with Crippen LogP contribution in [0.25, 0.3) is 0 Å². The smallest absolute Gasteiger partial charge is 0.325 e. The van der Waals surface area contributed by atoms with Gasteiger partial charge in [0.25, 0.3) is 0 Å². The maximum Gasteiger partial charge on any atom is 0.325 e. The number of carboxylic acid groups (broad SMARTS) is 1. The number of nitrogens with one attached hydrogen (secondary N) is 1. The molecule has 0 saturated heterocycles. The second kappa shape index (κ2) is 5.77. The number of aliphatic carboxylic acids is 1. The summed E-state index contributed by atoms with van der Waals surface area (Å²) in [7, 11) is 0. The van der Waals surface area contributed by atoms with Crippen LogP contribution >= 0.6 is 11.3 Å². The van der Waals surface area contributed by atoms with Gasteiger partial charge in [-0.3, -0.25) is 10.1 Å². The van der Waals surface area contributed by atoms with E-state index in [-0.39, 0.29) is 6.04 Å². The Morgan fingerprint density at radius 2 is 1.95 bits per heavy atom. The number of benzene rings is 1. The number of hydrogen-bond acceptors (Lipinski definition) is 3.